The predicted octanol–water partition coefficient (Wildman–Crippen LogP) is 2.47. The molecule has 38 heavy (non-hydrogen) atoms. The zero-order chi connectivity index (χ0) is 26.4. The Hall–Kier alpha value is -3.71. The zero-order valence-electron chi connectivity index (χ0n) is 20.9. The number of aliphatic hydroxyl groups excluding tert-OH is 3. The fraction of sp³-hybridized carbons (Fsp3) is 0.346. The number of aryl methyl sites for hydroxylation is 2. The van der Waals surface area contributed by atoms with E-state index in [0.717, 1.165) is 32.1 Å². The van der Waals surface area contributed by atoms with Gasteiger partial charge in [0.2, 0.25) is 5.95 Å². The lowest BCUT2D eigenvalue weighted by Gasteiger charge is -2.21. The highest BCUT2D eigenvalue weighted by Gasteiger charge is 2.41. The first-order chi connectivity index (χ1) is 18.4. The van der Waals surface area contributed by atoms with E-state index in [9.17, 15) is 15.3 Å². The number of aromatic nitrogens is 6. The molecule has 0 unspecified atom stereocenters. The van der Waals surface area contributed by atoms with Crippen molar-refractivity contribution in [3.63, 3.8) is 0 Å². The van der Waals surface area contributed by atoms with Gasteiger partial charge in [0, 0.05) is 25.8 Å². The molecule has 0 saturated heterocycles. The number of nitrogens with one attached hydrogen (secondary N) is 2. The molecule has 4 heterocycles. The second kappa shape index (κ2) is 9.87. The third-order valence-electron chi connectivity index (χ3n) is 7.14. The minimum Gasteiger partial charge on any atom is -0.396 e. The molecular formula is C26H28N8O3S. The molecule has 0 amide bonds. The van der Waals surface area contributed by atoms with Gasteiger partial charge in [-0.05, 0) is 31.5 Å². The van der Waals surface area contributed by atoms with Gasteiger partial charge < -0.3 is 30.5 Å². The smallest absolute Gasteiger partial charge is 0.225 e. The lowest BCUT2D eigenvalue weighted by Crippen LogP contribution is -2.35. The number of hydrogen-bond acceptors (Lipinski definition) is 11. The van der Waals surface area contributed by atoms with Crippen LogP contribution in [0.3, 0.4) is 0 Å². The standard InChI is InChI=1S/C26H28N8O3S/c1-13-21(25-32-17-10-27-8-7-19(17)38-25)24(31-16-9-14(12-35)22(36)23(16)37)33-26(29-13)28-11-20-30-15-5-3-4-6-18(15)34(20)2/h3-8,10,14,16,22-23,35-37H,9,11-12H2,1-2H3,(H2,28,29,31,33)/t14-,16-,22-,23+/m1/s1. The van der Waals surface area contributed by atoms with Gasteiger partial charge in [0.05, 0.1) is 51.9 Å². The fourth-order valence-electron chi connectivity index (χ4n) is 5.04. The first kappa shape index (κ1) is 24.6. The van der Waals surface area contributed by atoms with E-state index in [1.165, 1.54) is 11.3 Å². The van der Waals surface area contributed by atoms with Crippen molar-refractivity contribution in [2.45, 2.75) is 38.1 Å². The van der Waals surface area contributed by atoms with Crippen LogP contribution in [0.5, 0.6) is 0 Å². The molecule has 0 spiro atoms. The monoisotopic (exact) mass is 532 g/mol. The average molecular weight is 533 g/mol. The summed E-state index contributed by atoms with van der Waals surface area (Å²) >= 11 is 1.51. The fourth-order valence-corrected chi connectivity index (χ4v) is 6.07. The molecular weight excluding hydrogens is 504 g/mol. The summed E-state index contributed by atoms with van der Waals surface area (Å²) in [5.41, 5.74) is 4.15. The van der Waals surface area contributed by atoms with Crippen molar-refractivity contribution in [1.29, 1.82) is 0 Å². The minimum atomic E-state index is -1.05. The molecule has 0 aliphatic heterocycles. The van der Waals surface area contributed by atoms with Crippen LogP contribution < -0.4 is 10.6 Å². The van der Waals surface area contributed by atoms with E-state index in [0.29, 0.717) is 36.0 Å². The molecule has 1 aromatic carbocycles. The third kappa shape index (κ3) is 4.35. The van der Waals surface area contributed by atoms with E-state index in [2.05, 4.69) is 15.6 Å². The molecule has 196 valence electrons. The Morgan fingerprint density at radius 1 is 1.05 bits per heavy atom. The maximum Gasteiger partial charge on any atom is 0.225 e. The van der Waals surface area contributed by atoms with Crippen LogP contribution in [-0.2, 0) is 13.6 Å². The topological polar surface area (TPSA) is 154 Å². The lowest BCUT2D eigenvalue weighted by molar-refractivity contribution is 0.00446. The Kier molecular flexibility index (Phi) is 6.40. The Morgan fingerprint density at radius 2 is 1.89 bits per heavy atom. The van der Waals surface area contributed by atoms with E-state index >= 15 is 0 Å². The molecule has 1 aliphatic rings. The molecule has 1 saturated carbocycles. The molecule has 1 aliphatic carbocycles. The summed E-state index contributed by atoms with van der Waals surface area (Å²) in [6.45, 7) is 2.10. The van der Waals surface area contributed by atoms with Crippen LogP contribution in [0.2, 0.25) is 0 Å². The first-order valence-corrected chi connectivity index (χ1v) is 13.2. The quantitative estimate of drug-likeness (QED) is 0.211. The molecule has 0 bridgehead atoms. The molecule has 4 aromatic heterocycles. The number of aliphatic hydroxyl groups is 3. The summed E-state index contributed by atoms with van der Waals surface area (Å²) < 4.78 is 3.02. The van der Waals surface area contributed by atoms with Crippen LogP contribution in [0.4, 0.5) is 11.8 Å². The summed E-state index contributed by atoms with van der Waals surface area (Å²) in [6, 6.07) is 9.36. The number of pyridine rings is 1. The van der Waals surface area contributed by atoms with Gasteiger partial charge >= 0.3 is 0 Å². The van der Waals surface area contributed by atoms with Crippen molar-refractivity contribution in [3.8, 4) is 10.6 Å². The Bertz CT molecular complexity index is 1590. The van der Waals surface area contributed by atoms with Crippen molar-refractivity contribution in [1.82, 2.24) is 29.5 Å². The number of benzene rings is 1. The minimum absolute atomic E-state index is 0.207. The molecule has 1 fully saturated rings. The van der Waals surface area contributed by atoms with Gasteiger partial charge in [-0.3, -0.25) is 4.98 Å². The van der Waals surface area contributed by atoms with Crippen LogP contribution in [-0.4, -0.2) is 69.7 Å². The van der Waals surface area contributed by atoms with E-state index in [1.807, 2.05) is 48.9 Å². The molecule has 11 nitrogen and oxygen atoms in total. The summed E-state index contributed by atoms with van der Waals surface area (Å²) in [4.78, 5) is 23.1. The highest BCUT2D eigenvalue weighted by atomic mass is 32.1. The summed E-state index contributed by atoms with van der Waals surface area (Å²) in [7, 11) is 1.97. The second-order valence-corrected chi connectivity index (χ2v) is 10.6. The number of fused-ring (bicyclic) bond motifs is 2. The van der Waals surface area contributed by atoms with Crippen LogP contribution in [0.15, 0.2) is 42.7 Å². The van der Waals surface area contributed by atoms with Gasteiger partial charge in [0.15, 0.2) is 0 Å². The Balaban J connectivity index is 1.36. The maximum atomic E-state index is 10.7. The molecule has 6 rings (SSSR count). The number of thiazole rings is 1. The highest BCUT2D eigenvalue weighted by Crippen LogP contribution is 2.38. The van der Waals surface area contributed by atoms with E-state index in [4.69, 9.17) is 19.9 Å². The SMILES string of the molecule is Cc1nc(NCc2nc3ccccc3n2C)nc(N[C@@H]2C[C@H](CO)[C@@H](O)[C@H]2O)c1-c1nc2cnccc2s1. The van der Waals surface area contributed by atoms with Gasteiger partial charge in [-0.15, -0.1) is 11.3 Å². The number of nitrogens with zero attached hydrogens (tertiary/aromatic N) is 6. The van der Waals surface area contributed by atoms with Gasteiger partial charge in [0.1, 0.15) is 28.3 Å². The normalized spacial score (nSPS) is 21.4. The Morgan fingerprint density at radius 3 is 2.66 bits per heavy atom. The van der Waals surface area contributed by atoms with Crippen LogP contribution in [0.1, 0.15) is 17.9 Å². The number of para-hydroxylation sites is 2. The van der Waals surface area contributed by atoms with Crippen LogP contribution in [0.25, 0.3) is 31.8 Å². The van der Waals surface area contributed by atoms with Crippen molar-refractivity contribution >= 4 is 44.4 Å². The van der Waals surface area contributed by atoms with Crippen molar-refractivity contribution in [2.75, 3.05) is 17.2 Å². The summed E-state index contributed by atoms with van der Waals surface area (Å²) in [6.07, 6.45) is 1.77. The maximum absolute atomic E-state index is 10.7. The van der Waals surface area contributed by atoms with Crippen molar-refractivity contribution in [2.24, 2.45) is 13.0 Å². The largest absolute Gasteiger partial charge is 0.396 e. The number of imidazole rings is 1. The number of rotatable bonds is 7. The zero-order valence-corrected chi connectivity index (χ0v) is 21.7. The van der Waals surface area contributed by atoms with Gasteiger partial charge in [-0.2, -0.15) is 4.98 Å². The summed E-state index contributed by atoms with van der Waals surface area (Å²) in [5.74, 6) is 1.31. The van der Waals surface area contributed by atoms with Crippen LogP contribution >= 0.6 is 11.3 Å². The number of hydrogen-bond donors (Lipinski definition) is 5. The van der Waals surface area contributed by atoms with Gasteiger partial charge in [-0.1, -0.05) is 12.1 Å². The molecule has 5 N–H and O–H groups in total. The lowest BCUT2D eigenvalue weighted by atomic mass is 10.1. The van der Waals surface area contributed by atoms with E-state index in [-0.39, 0.29) is 6.61 Å². The van der Waals surface area contributed by atoms with E-state index in [1.54, 1.807) is 12.4 Å². The molecule has 5 aromatic rings. The third-order valence-corrected chi connectivity index (χ3v) is 8.19. The van der Waals surface area contributed by atoms with Gasteiger partial charge in [-0.25, -0.2) is 15.0 Å². The summed E-state index contributed by atoms with van der Waals surface area (Å²) in [5, 5.41) is 38.0. The predicted molar refractivity (Wildman–Crippen MR) is 146 cm³/mol. The van der Waals surface area contributed by atoms with Crippen molar-refractivity contribution in [3.05, 3.63) is 54.2 Å². The molecule has 4 atom stereocenters. The average Bonchev–Trinajstić information content (AvgIpc) is 3.57. The molecule has 12 heteroatoms. The van der Waals surface area contributed by atoms with Crippen LogP contribution in [0, 0.1) is 12.8 Å². The van der Waals surface area contributed by atoms with E-state index < -0.39 is 24.2 Å². The number of anilines is 2. The highest BCUT2D eigenvalue weighted by molar-refractivity contribution is 7.21. The molecule has 0 radical (unpaired) electrons. The second-order valence-electron chi connectivity index (χ2n) is 9.56. The Labute approximate surface area is 222 Å². The van der Waals surface area contributed by atoms with Gasteiger partial charge in [0.25, 0.3) is 0 Å². The van der Waals surface area contributed by atoms with Crippen molar-refractivity contribution < 1.29 is 15.3 Å². The first-order valence-electron chi connectivity index (χ1n) is 12.4.